The second-order valence-electron chi connectivity index (χ2n) is 6.59. The smallest absolute Gasteiger partial charge is 0.228 e. The van der Waals surface area contributed by atoms with Crippen molar-refractivity contribution in [1.82, 2.24) is 0 Å². The minimum atomic E-state index is -0.242. The topological polar surface area (TPSA) is 64.6 Å². The molecule has 29 heavy (non-hydrogen) atoms. The Balaban J connectivity index is 1.66. The van der Waals surface area contributed by atoms with Crippen molar-refractivity contribution < 1.29 is 19.1 Å². The summed E-state index contributed by atoms with van der Waals surface area (Å²) in [6, 6.07) is 19.3. The Morgan fingerprint density at radius 3 is 2.24 bits per heavy atom. The number of halogens is 1. The number of anilines is 1. The first-order valence-electron chi connectivity index (χ1n) is 9.18. The zero-order valence-electron chi connectivity index (χ0n) is 15.5. The number of ether oxygens (including phenoxy) is 2. The first-order valence-corrected chi connectivity index (χ1v) is 9.55. The van der Waals surface area contributed by atoms with E-state index in [1.54, 1.807) is 36.4 Å². The number of nitrogens with one attached hydrogen (secondary N) is 1. The molecule has 3 aromatic rings. The Morgan fingerprint density at radius 2 is 1.55 bits per heavy atom. The van der Waals surface area contributed by atoms with Crippen LogP contribution in [0.2, 0.25) is 5.02 Å². The molecule has 0 unspecified atom stereocenters. The van der Waals surface area contributed by atoms with E-state index in [-0.39, 0.29) is 18.1 Å². The van der Waals surface area contributed by atoms with Crippen LogP contribution in [-0.2, 0) is 11.2 Å². The molecule has 1 amide bonds. The number of carbonyl (C=O) groups is 2. The van der Waals surface area contributed by atoms with Crippen molar-refractivity contribution in [1.29, 1.82) is 0 Å². The second-order valence-corrected chi connectivity index (χ2v) is 7.02. The molecular weight excluding hydrogens is 390 g/mol. The van der Waals surface area contributed by atoms with Crippen molar-refractivity contribution in [3.05, 3.63) is 88.4 Å². The molecule has 0 aliphatic carbocycles. The van der Waals surface area contributed by atoms with Gasteiger partial charge >= 0.3 is 0 Å². The van der Waals surface area contributed by atoms with Crippen molar-refractivity contribution in [2.75, 3.05) is 18.5 Å². The first kappa shape index (κ1) is 19.0. The number of amides is 1. The lowest BCUT2D eigenvalue weighted by Gasteiger charge is -2.21. The van der Waals surface area contributed by atoms with Gasteiger partial charge in [0.15, 0.2) is 17.3 Å². The summed E-state index contributed by atoms with van der Waals surface area (Å²) >= 11 is 5.93. The van der Waals surface area contributed by atoms with Crippen LogP contribution in [0.25, 0.3) is 0 Å². The third-order valence-electron chi connectivity index (χ3n) is 4.51. The third-order valence-corrected chi connectivity index (χ3v) is 4.77. The molecule has 0 spiro atoms. The highest BCUT2D eigenvalue weighted by atomic mass is 35.5. The van der Waals surface area contributed by atoms with Gasteiger partial charge in [0.2, 0.25) is 5.91 Å². The number of hydrogen-bond donors (Lipinski definition) is 1. The van der Waals surface area contributed by atoms with Crippen molar-refractivity contribution in [2.24, 2.45) is 0 Å². The van der Waals surface area contributed by atoms with E-state index >= 15 is 0 Å². The maximum absolute atomic E-state index is 13.1. The molecular formula is C23H18ClNO4. The van der Waals surface area contributed by atoms with Crippen LogP contribution in [0, 0.1) is 0 Å². The van der Waals surface area contributed by atoms with E-state index in [1.807, 2.05) is 30.3 Å². The molecule has 0 radical (unpaired) electrons. The largest absolute Gasteiger partial charge is 0.486 e. The Hall–Kier alpha value is -3.31. The van der Waals surface area contributed by atoms with Gasteiger partial charge in [-0.15, -0.1) is 0 Å². The van der Waals surface area contributed by atoms with Crippen molar-refractivity contribution in [3.8, 4) is 11.5 Å². The predicted octanol–water partition coefficient (Wildman–Crippen LogP) is 4.52. The van der Waals surface area contributed by atoms with Gasteiger partial charge in [-0.2, -0.15) is 0 Å². The van der Waals surface area contributed by atoms with Crippen LogP contribution in [0.1, 0.15) is 21.5 Å². The molecule has 6 heteroatoms. The fourth-order valence-corrected chi connectivity index (χ4v) is 3.24. The molecule has 0 aromatic heterocycles. The van der Waals surface area contributed by atoms with E-state index in [0.29, 0.717) is 46.5 Å². The molecule has 0 saturated heterocycles. The quantitative estimate of drug-likeness (QED) is 0.631. The van der Waals surface area contributed by atoms with Gasteiger partial charge in [-0.1, -0.05) is 41.9 Å². The number of fused-ring (bicyclic) bond motifs is 1. The summed E-state index contributed by atoms with van der Waals surface area (Å²) in [7, 11) is 0. The fraction of sp³-hybridized carbons (Fsp3) is 0.130. The lowest BCUT2D eigenvalue weighted by atomic mass is 10.0. The zero-order valence-corrected chi connectivity index (χ0v) is 16.2. The molecule has 1 heterocycles. The van der Waals surface area contributed by atoms with Gasteiger partial charge in [0.05, 0.1) is 17.7 Å². The van der Waals surface area contributed by atoms with Gasteiger partial charge in [-0.25, -0.2) is 0 Å². The average Bonchev–Trinajstić information content (AvgIpc) is 2.74. The zero-order chi connectivity index (χ0) is 20.2. The minimum absolute atomic E-state index is 0.198. The highest BCUT2D eigenvalue weighted by Gasteiger charge is 2.22. The van der Waals surface area contributed by atoms with Gasteiger partial charge in [-0.05, 0) is 35.9 Å². The summed E-state index contributed by atoms with van der Waals surface area (Å²) < 4.78 is 11.2. The normalized spacial score (nSPS) is 12.3. The van der Waals surface area contributed by atoms with E-state index in [4.69, 9.17) is 21.1 Å². The van der Waals surface area contributed by atoms with Crippen LogP contribution in [0.15, 0.2) is 66.7 Å². The second kappa shape index (κ2) is 8.37. The highest BCUT2D eigenvalue weighted by molar-refractivity contribution is 6.30. The van der Waals surface area contributed by atoms with Gasteiger partial charge in [0.1, 0.15) is 13.2 Å². The molecule has 0 fully saturated rings. The van der Waals surface area contributed by atoms with E-state index in [0.717, 1.165) is 5.56 Å². The molecule has 0 bridgehead atoms. The molecule has 1 aliphatic heterocycles. The average molecular weight is 408 g/mol. The van der Waals surface area contributed by atoms with E-state index < -0.39 is 0 Å². The van der Waals surface area contributed by atoms with E-state index in [2.05, 4.69) is 5.32 Å². The fourth-order valence-electron chi connectivity index (χ4n) is 3.11. The van der Waals surface area contributed by atoms with Crippen LogP contribution < -0.4 is 14.8 Å². The SMILES string of the molecule is O=C(Cc1ccccc1)Nc1cc2c(cc1C(=O)c1ccc(Cl)cc1)OCCO2. The number of carbonyl (C=O) groups excluding carboxylic acids is 2. The molecule has 5 nitrogen and oxygen atoms in total. The van der Waals surface area contributed by atoms with Crippen LogP contribution in [0.3, 0.4) is 0 Å². The molecule has 146 valence electrons. The number of ketones is 1. The maximum atomic E-state index is 13.1. The number of hydrogen-bond acceptors (Lipinski definition) is 4. The molecule has 3 aromatic carbocycles. The first-order chi connectivity index (χ1) is 14.1. The Labute approximate surface area is 173 Å². The molecule has 4 rings (SSSR count). The Bertz CT molecular complexity index is 1050. The summed E-state index contributed by atoms with van der Waals surface area (Å²) in [5.74, 6) is 0.514. The van der Waals surface area contributed by atoms with Crippen LogP contribution in [0.4, 0.5) is 5.69 Å². The summed E-state index contributed by atoms with van der Waals surface area (Å²) in [4.78, 5) is 25.7. The van der Waals surface area contributed by atoms with Crippen LogP contribution in [0.5, 0.6) is 11.5 Å². The van der Waals surface area contributed by atoms with Crippen LogP contribution >= 0.6 is 11.6 Å². The van der Waals surface area contributed by atoms with Crippen molar-refractivity contribution >= 4 is 29.0 Å². The van der Waals surface area contributed by atoms with Gasteiger partial charge < -0.3 is 14.8 Å². The maximum Gasteiger partial charge on any atom is 0.228 e. The van der Waals surface area contributed by atoms with Gasteiger partial charge in [0, 0.05) is 16.7 Å². The summed E-state index contributed by atoms with van der Waals surface area (Å²) in [5.41, 5.74) is 2.06. The van der Waals surface area contributed by atoms with Gasteiger partial charge in [0.25, 0.3) is 0 Å². The van der Waals surface area contributed by atoms with Gasteiger partial charge in [-0.3, -0.25) is 9.59 Å². The minimum Gasteiger partial charge on any atom is -0.486 e. The molecule has 1 aliphatic rings. The summed E-state index contributed by atoms with van der Waals surface area (Å²) in [6.45, 7) is 0.816. The molecule has 1 N–H and O–H groups in total. The number of benzene rings is 3. The Morgan fingerprint density at radius 1 is 0.897 bits per heavy atom. The van der Waals surface area contributed by atoms with E-state index in [1.165, 1.54) is 0 Å². The van der Waals surface area contributed by atoms with Crippen LogP contribution in [-0.4, -0.2) is 24.9 Å². The standard InChI is InChI=1S/C23H18ClNO4/c24-17-8-6-16(7-9-17)23(27)18-13-20-21(29-11-10-28-20)14-19(18)25-22(26)12-15-4-2-1-3-5-15/h1-9,13-14H,10-12H2,(H,25,26). The van der Waals surface area contributed by atoms with E-state index in [9.17, 15) is 9.59 Å². The third kappa shape index (κ3) is 4.41. The number of rotatable bonds is 5. The monoisotopic (exact) mass is 407 g/mol. The summed E-state index contributed by atoms with van der Waals surface area (Å²) in [5, 5.41) is 3.39. The summed E-state index contributed by atoms with van der Waals surface area (Å²) in [6.07, 6.45) is 0.198. The predicted molar refractivity (Wildman–Crippen MR) is 111 cm³/mol. The molecule has 0 atom stereocenters. The lowest BCUT2D eigenvalue weighted by Crippen LogP contribution is -2.20. The highest BCUT2D eigenvalue weighted by Crippen LogP contribution is 2.36. The Kier molecular flexibility index (Phi) is 5.49. The molecule has 0 saturated carbocycles. The lowest BCUT2D eigenvalue weighted by molar-refractivity contribution is -0.115. The van der Waals surface area contributed by atoms with Crippen molar-refractivity contribution in [3.63, 3.8) is 0 Å². The van der Waals surface area contributed by atoms with Crippen molar-refractivity contribution in [2.45, 2.75) is 6.42 Å².